The number of benzene rings is 2. The minimum Gasteiger partial charge on any atom is -0.467 e. The minimum absolute atomic E-state index is 0.00752. The second-order valence-electron chi connectivity index (χ2n) is 8.37. The summed E-state index contributed by atoms with van der Waals surface area (Å²) in [7, 11) is 0. The fourth-order valence-electron chi connectivity index (χ4n) is 3.59. The molecule has 0 bridgehead atoms. The van der Waals surface area contributed by atoms with Crippen LogP contribution in [0.5, 0.6) is 0 Å². The molecule has 1 aliphatic heterocycles. The van der Waals surface area contributed by atoms with Crippen LogP contribution in [-0.4, -0.2) is 33.3 Å². The smallest absolute Gasteiger partial charge is 0.416 e. The zero-order chi connectivity index (χ0) is 27.1. The van der Waals surface area contributed by atoms with Crippen molar-refractivity contribution in [2.24, 2.45) is 10.2 Å². The molecule has 0 radical (unpaired) electrons. The quantitative estimate of drug-likeness (QED) is 0.272. The molecule has 1 aromatic heterocycles. The maximum absolute atomic E-state index is 13.1. The number of furan rings is 1. The van der Waals surface area contributed by atoms with Crippen molar-refractivity contribution in [3.63, 3.8) is 0 Å². The van der Waals surface area contributed by atoms with Gasteiger partial charge in [-0.2, -0.15) is 18.3 Å². The number of nitrogens with zero attached hydrogens (tertiary/aromatic N) is 3. The van der Waals surface area contributed by atoms with E-state index in [2.05, 4.69) is 15.5 Å². The summed E-state index contributed by atoms with van der Waals surface area (Å²) in [4.78, 5) is 27.1. The standard InChI is InChI=1S/C27H23F3N4O3S/c1-18(13-19-7-3-2-4-8-19)16-31-33-26-34(17-22-11-6-12-37-22)25(36)23(38-26)15-24(35)32-21-10-5-9-20(14-21)27(28,29)30/h2-14,16,23H,15,17H2,1H3,(H,32,35)/b18-13+,31-16-,33-26+/t23-/m1/s1. The van der Waals surface area contributed by atoms with E-state index in [9.17, 15) is 22.8 Å². The van der Waals surface area contributed by atoms with Gasteiger partial charge in [-0.15, -0.1) is 5.10 Å². The van der Waals surface area contributed by atoms with E-state index in [0.29, 0.717) is 5.76 Å². The molecular weight excluding hydrogens is 517 g/mol. The Labute approximate surface area is 221 Å². The van der Waals surface area contributed by atoms with Gasteiger partial charge in [0.25, 0.3) is 0 Å². The lowest BCUT2D eigenvalue weighted by Crippen LogP contribution is -2.33. The van der Waals surface area contributed by atoms with Gasteiger partial charge in [-0.25, -0.2) is 0 Å². The predicted octanol–water partition coefficient (Wildman–Crippen LogP) is 6.22. The molecule has 2 amide bonds. The molecule has 3 aromatic rings. The SMILES string of the molecule is CC(/C=N\N=C1\S[C@H](CC(=O)Nc2cccc(C(F)(F)F)c2)C(=O)N1Cc1ccco1)=C\c1ccccc1. The first-order chi connectivity index (χ1) is 18.2. The number of hydrogen-bond acceptors (Lipinski definition) is 6. The van der Waals surface area contributed by atoms with Crippen LogP contribution < -0.4 is 5.32 Å². The first-order valence-corrected chi connectivity index (χ1v) is 12.4. The topological polar surface area (TPSA) is 87.3 Å². The molecule has 0 saturated carbocycles. The van der Waals surface area contributed by atoms with Crippen LogP contribution in [0.25, 0.3) is 6.08 Å². The molecule has 0 aliphatic carbocycles. The second-order valence-corrected chi connectivity index (χ2v) is 9.54. The Morgan fingerprint density at radius 1 is 1.13 bits per heavy atom. The van der Waals surface area contributed by atoms with Crippen molar-refractivity contribution in [2.75, 3.05) is 5.32 Å². The van der Waals surface area contributed by atoms with Crippen LogP contribution >= 0.6 is 11.8 Å². The van der Waals surface area contributed by atoms with Crippen LogP contribution in [0.2, 0.25) is 0 Å². The lowest BCUT2D eigenvalue weighted by atomic mass is 10.1. The van der Waals surface area contributed by atoms with Gasteiger partial charge >= 0.3 is 6.18 Å². The van der Waals surface area contributed by atoms with E-state index in [1.54, 1.807) is 18.3 Å². The van der Waals surface area contributed by atoms with E-state index in [0.717, 1.165) is 35.0 Å². The number of allylic oxidation sites excluding steroid dienone is 1. The third-order valence-corrected chi connectivity index (χ3v) is 6.52. The molecule has 1 fully saturated rings. The molecule has 1 atom stereocenters. The number of hydrogen-bond donors (Lipinski definition) is 1. The first kappa shape index (κ1) is 26.9. The number of halogens is 3. The predicted molar refractivity (Wildman–Crippen MR) is 141 cm³/mol. The molecule has 1 saturated heterocycles. The van der Waals surface area contributed by atoms with Crippen molar-refractivity contribution in [2.45, 2.75) is 31.3 Å². The van der Waals surface area contributed by atoms with Gasteiger partial charge in [-0.05, 0) is 48.4 Å². The number of amidine groups is 1. The van der Waals surface area contributed by atoms with Crippen LogP contribution in [0.1, 0.15) is 30.2 Å². The highest BCUT2D eigenvalue weighted by Gasteiger charge is 2.40. The van der Waals surface area contributed by atoms with Crippen LogP contribution in [0.3, 0.4) is 0 Å². The Morgan fingerprint density at radius 3 is 2.63 bits per heavy atom. The average Bonchev–Trinajstić information content (AvgIpc) is 3.49. The maximum atomic E-state index is 13.1. The van der Waals surface area contributed by atoms with Crippen LogP contribution in [-0.2, 0) is 22.3 Å². The largest absolute Gasteiger partial charge is 0.467 e. The number of alkyl halides is 3. The number of rotatable bonds is 8. The van der Waals surface area contributed by atoms with E-state index < -0.39 is 22.9 Å². The van der Waals surface area contributed by atoms with E-state index in [1.165, 1.54) is 23.3 Å². The summed E-state index contributed by atoms with van der Waals surface area (Å²) >= 11 is 1.06. The van der Waals surface area contributed by atoms with Crippen molar-refractivity contribution in [1.82, 2.24) is 4.90 Å². The Hall–Kier alpha value is -4.12. The Bertz CT molecular complexity index is 1370. The van der Waals surface area contributed by atoms with Gasteiger partial charge in [0.05, 0.1) is 24.6 Å². The number of thioether (sulfide) groups is 1. The monoisotopic (exact) mass is 540 g/mol. The van der Waals surface area contributed by atoms with Gasteiger partial charge in [-0.3, -0.25) is 14.5 Å². The molecule has 4 rings (SSSR count). The first-order valence-electron chi connectivity index (χ1n) is 11.5. The molecule has 1 N–H and O–H groups in total. The highest BCUT2D eigenvalue weighted by Crippen LogP contribution is 2.33. The van der Waals surface area contributed by atoms with Gasteiger partial charge in [0.1, 0.15) is 11.0 Å². The molecule has 11 heteroatoms. The summed E-state index contributed by atoms with van der Waals surface area (Å²) in [6.45, 7) is 1.96. The molecule has 38 heavy (non-hydrogen) atoms. The van der Waals surface area contributed by atoms with Crippen LogP contribution in [0.4, 0.5) is 18.9 Å². The lowest BCUT2D eigenvalue weighted by Gasteiger charge is -2.14. The zero-order valence-electron chi connectivity index (χ0n) is 20.2. The molecule has 0 spiro atoms. The molecule has 2 aromatic carbocycles. The van der Waals surface area contributed by atoms with Gasteiger partial charge in [0, 0.05) is 12.1 Å². The van der Waals surface area contributed by atoms with Gasteiger partial charge in [0.2, 0.25) is 11.8 Å². The van der Waals surface area contributed by atoms with Crippen molar-refractivity contribution < 1.29 is 27.2 Å². The maximum Gasteiger partial charge on any atom is 0.416 e. The zero-order valence-corrected chi connectivity index (χ0v) is 21.0. The van der Waals surface area contributed by atoms with Gasteiger partial charge in [0.15, 0.2) is 5.17 Å². The number of anilines is 1. The fraction of sp³-hybridized carbons (Fsp3) is 0.185. The highest BCUT2D eigenvalue weighted by molar-refractivity contribution is 8.15. The fourth-order valence-corrected chi connectivity index (χ4v) is 4.69. The van der Waals surface area contributed by atoms with Gasteiger partial charge in [-0.1, -0.05) is 54.2 Å². The van der Waals surface area contributed by atoms with Crippen molar-refractivity contribution in [3.8, 4) is 0 Å². The van der Waals surface area contributed by atoms with E-state index in [1.807, 2.05) is 43.3 Å². The number of carbonyl (C=O) groups excluding carboxylic acids is 2. The summed E-state index contributed by atoms with van der Waals surface area (Å²) in [5.74, 6) is -0.458. The summed E-state index contributed by atoms with van der Waals surface area (Å²) in [5, 5.41) is 10.2. The van der Waals surface area contributed by atoms with Gasteiger partial charge < -0.3 is 9.73 Å². The summed E-state index contributed by atoms with van der Waals surface area (Å²) < 4.78 is 44.3. The molecule has 0 unspecified atom stereocenters. The molecule has 2 heterocycles. The summed E-state index contributed by atoms with van der Waals surface area (Å²) in [6, 6.07) is 17.4. The molecular formula is C27H23F3N4O3S. The van der Waals surface area contributed by atoms with E-state index >= 15 is 0 Å². The number of amides is 2. The molecule has 1 aliphatic rings. The third kappa shape index (κ3) is 7.22. The second kappa shape index (κ2) is 12.0. The Balaban J connectivity index is 1.47. The average molecular weight is 541 g/mol. The summed E-state index contributed by atoms with van der Waals surface area (Å²) in [6.07, 6.45) is 0.173. The Kier molecular flexibility index (Phi) is 8.47. The normalized spacial score (nSPS) is 17.5. The summed E-state index contributed by atoms with van der Waals surface area (Å²) in [5.41, 5.74) is 0.951. The van der Waals surface area contributed by atoms with E-state index in [-0.39, 0.29) is 29.7 Å². The molecule has 7 nitrogen and oxygen atoms in total. The van der Waals surface area contributed by atoms with Crippen molar-refractivity contribution >= 4 is 46.7 Å². The molecule has 196 valence electrons. The Morgan fingerprint density at radius 2 is 1.92 bits per heavy atom. The van der Waals surface area contributed by atoms with Crippen molar-refractivity contribution in [3.05, 3.63) is 95.5 Å². The highest BCUT2D eigenvalue weighted by atomic mass is 32.2. The van der Waals surface area contributed by atoms with Crippen LogP contribution in [0.15, 0.2) is 93.2 Å². The number of nitrogens with one attached hydrogen (secondary N) is 1. The number of carbonyl (C=O) groups is 2. The minimum atomic E-state index is -4.54. The third-order valence-electron chi connectivity index (χ3n) is 5.36. The van der Waals surface area contributed by atoms with Crippen LogP contribution in [0, 0.1) is 0 Å². The lowest BCUT2D eigenvalue weighted by molar-refractivity contribution is -0.137. The van der Waals surface area contributed by atoms with E-state index in [4.69, 9.17) is 4.42 Å². The van der Waals surface area contributed by atoms with Crippen molar-refractivity contribution in [1.29, 1.82) is 0 Å².